The predicted octanol–water partition coefficient (Wildman–Crippen LogP) is 1.13. The van der Waals surface area contributed by atoms with Gasteiger partial charge in [0.25, 0.3) is 0 Å². The standard InChI is InChI=1S/C13H27NO3/c1-3-4-12-5-6-14(9-12)10-13(15)11-17-8-7-16-2/h12-13,15H,3-11H2,1-2H3. The minimum atomic E-state index is -0.368. The van der Waals surface area contributed by atoms with Gasteiger partial charge in [-0.25, -0.2) is 0 Å². The third-order valence-corrected chi connectivity index (χ3v) is 3.28. The van der Waals surface area contributed by atoms with E-state index in [1.165, 1.54) is 19.3 Å². The van der Waals surface area contributed by atoms with Crippen molar-refractivity contribution in [2.24, 2.45) is 5.92 Å². The van der Waals surface area contributed by atoms with Crippen LogP contribution in [0.5, 0.6) is 0 Å². The number of methoxy groups -OCH3 is 1. The molecule has 4 heteroatoms. The van der Waals surface area contributed by atoms with E-state index in [1.807, 2.05) is 0 Å². The van der Waals surface area contributed by atoms with Gasteiger partial charge in [-0.15, -0.1) is 0 Å². The molecule has 0 aromatic rings. The lowest BCUT2D eigenvalue weighted by Crippen LogP contribution is -2.33. The SMILES string of the molecule is CCCC1CCN(CC(O)COCCOC)C1. The Morgan fingerprint density at radius 2 is 2.24 bits per heavy atom. The summed E-state index contributed by atoms with van der Waals surface area (Å²) in [5.41, 5.74) is 0. The smallest absolute Gasteiger partial charge is 0.0900 e. The summed E-state index contributed by atoms with van der Waals surface area (Å²) in [6.07, 6.45) is 3.50. The normalized spacial score (nSPS) is 23.1. The molecule has 1 aliphatic heterocycles. The molecule has 0 spiro atoms. The first-order chi connectivity index (χ1) is 8.26. The lowest BCUT2D eigenvalue weighted by Gasteiger charge is -2.20. The van der Waals surface area contributed by atoms with Crippen molar-refractivity contribution in [3.63, 3.8) is 0 Å². The maximum absolute atomic E-state index is 9.82. The summed E-state index contributed by atoms with van der Waals surface area (Å²) in [6.45, 7) is 6.82. The molecule has 1 saturated heterocycles. The molecule has 0 aliphatic carbocycles. The molecule has 1 N–H and O–H groups in total. The summed E-state index contributed by atoms with van der Waals surface area (Å²) < 4.78 is 10.2. The fourth-order valence-corrected chi connectivity index (χ4v) is 2.43. The van der Waals surface area contributed by atoms with Gasteiger partial charge in [0.15, 0.2) is 0 Å². The van der Waals surface area contributed by atoms with Crippen LogP contribution < -0.4 is 0 Å². The summed E-state index contributed by atoms with van der Waals surface area (Å²) >= 11 is 0. The van der Waals surface area contributed by atoms with Crippen LogP contribution in [0.15, 0.2) is 0 Å². The van der Waals surface area contributed by atoms with E-state index < -0.39 is 0 Å². The molecule has 0 aromatic heterocycles. The third kappa shape index (κ3) is 6.36. The van der Waals surface area contributed by atoms with E-state index >= 15 is 0 Å². The monoisotopic (exact) mass is 245 g/mol. The lowest BCUT2D eigenvalue weighted by atomic mass is 10.0. The van der Waals surface area contributed by atoms with Crippen LogP contribution in [0.2, 0.25) is 0 Å². The van der Waals surface area contributed by atoms with Gasteiger partial charge >= 0.3 is 0 Å². The van der Waals surface area contributed by atoms with Crippen molar-refractivity contribution in [3.8, 4) is 0 Å². The fourth-order valence-electron chi connectivity index (χ4n) is 2.43. The van der Waals surface area contributed by atoms with Gasteiger partial charge in [0, 0.05) is 20.2 Å². The Kier molecular flexibility index (Phi) is 7.77. The first kappa shape index (κ1) is 14.9. The zero-order valence-electron chi connectivity index (χ0n) is 11.2. The van der Waals surface area contributed by atoms with Gasteiger partial charge in [0.05, 0.1) is 25.9 Å². The summed E-state index contributed by atoms with van der Waals surface area (Å²) in [7, 11) is 1.65. The van der Waals surface area contributed by atoms with E-state index in [1.54, 1.807) is 7.11 Å². The highest BCUT2D eigenvalue weighted by atomic mass is 16.5. The molecule has 2 atom stereocenters. The second kappa shape index (κ2) is 8.86. The topological polar surface area (TPSA) is 41.9 Å². The Hall–Kier alpha value is -0.160. The van der Waals surface area contributed by atoms with Crippen LogP contribution in [0.4, 0.5) is 0 Å². The zero-order chi connectivity index (χ0) is 12.5. The lowest BCUT2D eigenvalue weighted by molar-refractivity contribution is 0.00173. The number of aliphatic hydroxyl groups excluding tert-OH is 1. The quantitative estimate of drug-likeness (QED) is 0.618. The van der Waals surface area contributed by atoms with Crippen molar-refractivity contribution < 1.29 is 14.6 Å². The van der Waals surface area contributed by atoms with Crippen molar-refractivity contribution in [2.75, 3.05) is 46.6 Å². The largest absolute Gasteiger partial charge is 0.389 e. The molecule has 4 nitrogen and oxygen atoms in total. The van der Waals surface area contributed by atoms with Crippen LogP contribution in [-0.2, 0) is 9.47 Å². The number of aliphatic hydroxyl groups is 1. The van der Waals surface area contributed by atoms with Crippen LogP contribution in [0.3, 0.4) is 0 Å². The molecule has 0 aromatic carbocycles. The minimum Gasteiger partial charge on any atom is -0.389 e. The van der Waals surface area contributed by atoms with E-state index in [0.29, 0.717) is 19.8 Å². The molecule has 102 valence electrons. The number of likely N-dealkylation sites (tertiary alicyclic amines) is 1. The molecule has 1 rings (SSSR count). The Morgan fingerprint density at radius 1 is 1.41 bits per heavy atom. The average Bonchev–Trinajstić information content (AvgIpc) is 2.73. The highest BCUT2D eigenvalue weighted by Gasteiger charge is 2.23. The summed E-state index contributed by atoms with van der Waals surface area (Å²) in [5.74, 6) is 0.835. The maximum atomic E-state index is 9.82. The number of hydrogen-bond acceptors (Lipinski definition) is 4. The van der Waals surface area contributed by atoms with Gasteiger partial charge in [0.2, 0.25) is 0 Å². The molecule has 1 aliphatic rings. The Labute approximate surface area is 105 Å². The average molecular weight is 245 g/mol. The molecule has 0 radical (unpaired) electrons. The van der Waals surface area contributed by atoms with Crippen LogP contribution in [-0.4, -0.2) is 62.7 Å². The first-order valence-corrected chi connectivity index (χ1v) is 6.73. The van der Waals surface area contributed by atoms with Crippen molar-refractivity contribution in [1.29, 1.82) is 0 Å². The Bertz CT molecular complexity index is 190. The molecular formula is C13H27NO3. The fraction of sp³-hybridized carbons (Fsp3) is 1.00. The highest BCUT2D eigenvalue weighted by Crippen LogP contribution is 2.20. The molecule has 0 saturated carbocycles. The van der Waals surface area contributed by atoms with Crippen LogP contribution in [0.1, 0.15) is 26.2 Å². The second-order valence-electron chi connectivity index (χ2n) is 4.92. The van der Waals surface area contributed by atoms with Gasteiger partial charge in [-0.3, -0.25) is 0 Å². The molecule has 2 unspecified atom stereocenters. The van der Waals surface area contributed by atoms with E-state index in [4.69, 9.17) is 9.47 Å². The van der Waals surface area contributed by atoms with Gasteiger partial charge < -0.3 is 19.5 Å². The molecule has 1 heterocycles. The molecule has 17 heavy (non-hydrogen) atoms. The summed E-state index contributed by atoms with van der Waals surface area (Å²) in [4.78, 5) is 2.35. The Balaban J connectivity index is 2.04. The Morgan fingerprint density at radius 3 is 2.94 bits per heavy atom. The molecule has 1 fully saturated rings. The number of nitrogens with zero attached hydrogens (tertiary/aromatic N) is 1. The predicted molar refractivity (Wildman–Crippen MR) is 68.2 cm³/mol. The zero-order valence-corrected chi connectivity index (χ0v) is 11.2. The van der Waals surface area contributed by atoms with E-state index in [9.17, 15) is 5.11 Å². The number of β-amino-alcohol motifs (C(OH)–C–C–N with tert-alkyl or cyclic N) is 1. The minimum absolute atomic E-state index is 0.368. The number of ether oxygens (including phenoxy) is 2. The van der Waals surface area contributed by atoms with Gasteiger partial charge in [-0.05, 0) is 25.3 Å². The van der Waals surface area contributed by atoms with Crippen LogP contribution in [0.25, 0.3) is 0 Å². The van der Waals surface area contributed by atoms with Crippen LogP contribution in [0, 0.1) is 5.92 Å². The third-order valence-electron chi connectivity index (χ3n) is 3.28. The highest BCUT2D eigenvalue weighted by molar-refractivity contribution is 4.77. The van der Waals surface area contributed by atoms with E-state index in [2.05, 4.69) is 11.8 Å². The van der Waals surface area contributed by atoms with Crippen LogP contribution >= 0.6 is 0 Å². The second-order valence-corrected chi connectivity index (χ2v) is 4.92. The van der Waals surface area contributed by atoms with E-state index in [-0.39, 0.29) is 6.10 Å². The van der Waals surface area contributed by atoms with Crippen molar-refractivity contribution in [2.45, 2.75) is 32.3 Å². The van der Waals surface area contributed by atoms with Gasteiger partial charge in [-0.1, -0.05) is 13.3 Å². The summed E-state index contributed by atoms with van der Waals surface area (Å²) in [6, 6.07) is 0. The maximum Gasteiger partial charge on any atom is 0.0900 e. The summed E-state index contributed by atoms with van der Waals surface area (Å²) in [5, 5.41) is 9.82. The first-order valence-electron chi connectivity index (χ1n) is 6.73. The van der Waals surface area contributed by atoms with Gasteiger partial charge in [0.1, 0.15) is 0 Å². The van der Waals surface area contributed by atoms with Gasteiger partial charge in [-0.2, -0.15) is 0 Å². The number of rotatable bonds is 9. The van der Waals surface area contributed by atoms with Crippen molar-refractivity contribution in [1.82, 2.24) is 4.90 Å². The van der Waals surface area contributed by atoms with Crippen molar-refractivity contribution >= 4 is 0 Å². The van der Waals surface area contributed by atoms with E-state index in [0.717, 1.165) is 25.6 Å². The molecular weight excluding hydrogens is 218 g/mol. The molecule has 0 bridgehead atoms. The van der Waals surface area contributed by atoms with Crippen molar-refractivity contribution in [3.05, 3.63) is 0 Å². The number of hydrogen-bond donors (Lipinski definition) is 1. The molecule has 0 amide bonds.